The van der Waals surface area contributed by atoms with Crippen LogP contribution in [0.5, 0.6) is 5.75 Å². The number of nitrogens with zero attached hydrogens (tertiary/aromatic N) is 2. The number of methoxy groups -OCH3 is 1. The zero-order chi connectivity index (χ0) is 22.1. The van der Waals surface area contributed by atoms with Crippen LogP contribution in [0.15, 0.2) is 53.6 Å². The molecular weight excluding hydrogens is 430 g/mol. The Kier molecular flexibility index (Phi) is 5.85. The smallest absolute Gasteiger partial charge is 0.283 e. The third kappa shape index (κ3) is 4.09. The average Bonchev–Trinajstić information content (AvgIpc) is 3.24. The van der Waals surface area contributed by atoms with Crippen molar-refractivity contribution in [1.82, 2.24) is 9.99 Å². The van der Waals surface area contributed by atoms with Gasteiger partial charge in [0.15, 0.2) is 0 Å². The van der Waals surface area contributed by atoms with Crippen LogP contribution in [0.2, 0.25) is 5.02 Å². The van der Waals surface area contributed by atoms with E-state index < -0.39 is 0 Å². The van der Waals surface area contributed by atoms with E-state index in [-0.39, 0.29) is 5.91 Å². The van der Waals surface area contributed by atoms with E-state index in [2.05, 4.69) is 46.3 Å². The van der Waals surface area contributed by atoms with Crippen LogP contribution in [0.4, 0.5) is 0 Å². The van der Waals surface area contributed by atoms with Crippen molar-refractivity contribution >= 4 is 45.1 Å². The SMILES string of the molecule is COc1ccc2c(Cl)c(C(=O)NN=Cc3cc(C)n(-c4ccc(C)cc4)c3C)sc2c1. The molecule has 2 heterocycles. The number of aryl methyl sites for hydroxylation is 2. The maximum absolute atomic E-state index is 12.7. The summed E-state index contributed by atoms with van der Waals surface area (Å²) in [6.07, 6.45) is 1.66. The lowest BCUT2D eigenvalue weighted by molar-refractivity contribution is 0.0959. The molecular formula is C24H22ClN3O2S. The third-order valence-corrected chi connectivity index (χ3v) is 6.83. The van der Waals surface area contributed by atoms with Crippen LogP contribution in [0.3, 0.4) is 0 Å². The van der Waals surface area contributed by atoms with E-state index in [1.54, 1.807) is 13.3 Å². The lowest BCUT2D eigenvalue weighted by Crippen LogP contribution is -2.16. The Morgan fingerprint density at radius 2 is 1.87 bits per heavy atom. The van der Waals surface area contributed by atoms with Crippen molar-refractivity contribution in [3.05, 3.63) is 80.9 Å². The Morgan fingerprint density at radius 1 is 1.13 bits per heavy atom. The van der Waals surface area contributed by atoms with Crippen LogP contribution in [0.25, 0.3) is 15.8 Å². The van der Waals surface area contributed by atoms with Gasteiger partial charge in [0.05, 0.1) is 18.3 Å². The summed E-state index contributed by atoms with van der Waals surface area (Å²) >= 11 is 7.74. The summed E-state index contributed by atoms with van der Waals surface area (Å²) in [5.41, 5.74) is 7.98. The van der Waals surface area contributed by atoms with Crippen molar-refractivity contribution in [2.75, 3.05) is 7.11 Å². The van der Waals surface area contributed by atoms with E-state index in [9.17, 15) is 4.79 Å². The minimum Gasteiger partial charge on any atom is -0.497 e. The highest BCUT2D eigenvalue weighted by Gasteiger charge is 2.17. The number of halogens is 1. The second-order valence-electron chi connectivity index (χ2n) is 7.30. The minimum atomic E-state index is -0.339. The molecule has 0 fully saturated rings. The fourth-order valence-electron chi connectivity index (χ4n) is 3.54. The second-order valence-corrected chi connectivity index (χ2v) is 8.73. The summed E-state index contributed by atoms with van der Waals surface area (Å²) in [5.74, 6) is 0.382. The van der Waals surface area contributed by atoms with Crippen molar-refractivity contribution in [2.24, 2.45) is 5.10 Å². The lowest BCUT2D eigenvalue weighted by Gasteiger charge is -2.09. The first-order valence-corrected chi connectivity index (χ1v) is 10.9. The first-order chi connectivity index (χ1) is 14.9. The lowest BCUT2D eigenvalue weighted by atomic mass is 10.2. The summed E-state index contributed by atoms with van der Waals surface area (Å²) in [5, 5.41) is 5.42. The first-order valence-electron chi connectivity index (χ1n) is 9.74. The number of hydrogen-bond acceptors (Lipinski definition) is 4. The molecule has 4 aromatic rings. The Hall–Kier alpha value is -3.09. The molecule has 7 heteroatoms. The number of aromatic nitrogens is 1. The monoisotopic (exact) mass is 451 g/mol. The molecule has 0 saturated heterocycles. The second kappa shape index (κ2) is 8.57. The van der Waals surface area contributed by atoms with Crippen LogP contribution in [0.1, 0.15) is 32.2 Å². The fourth-order valence-corrected chi connectivity index (χ4v) is 4.97. The maximum Gasteiger partial charge on any atom is 0.283 e. The quantitative estimate of drug-likeness (QED) is 0.297. The summed E-state index contributed by atoms with van der Waals surface area (Å²) in [6.45, 7) is 6.15. The van der Waals surface area contributed by atoms with Crippen LogP contribution in [-0.2, 0) is 0 Å². The molecule has 0 aliphatic heterocycles. The van der Waals surface area contributed by atoms with Crippen LogP contribution in [-0.4, -0.2) is 23.8 Å². The number of hydrazone groups is 1. The predicted molar refractivity (Wildman–Crippen MR) is 128 cm³/mol. The van der Waals surface area contributed by atoms with E-state index in [4.69, 9.17) is 16.3 Å². The average molecular weight is 452 g/mol. The molecule has 158 valence electrons. The Morgan fingerprint density at radius 3 is 2.58 bits per heavy atom. The molecule has 31 heavy (non-hydrogen) atoms. The zero-order valence-corrected chi connectivity index (χ0v) is 19.3. The van der Waals surface area contributed by atoms with Gasteiger partial charge in [-0.05, 0) is 57.2 Å². The van der Waals surface area contributed by atoms with Gasteiger partial charge < -0.3 is 9.30 Å². The molecule has 0 atom stereocenters. The number of nitrogens with one attached hydrogen (secondary N) is 1. The van der Waals surface area contributed by atoms with E-state index >= 15 is 0 Å². The van der Waals surface area contributed by atoms with Crippen LogP contribution < -0.4 is 10.2 Å². The molecule has 4 rings (SSSR count). The number of fused-ring (bicyclic) bond motifs is 1. The normalized spacial score (nSPS) is 11.4. The summed E-state index contributed by atoms with van der Waals surface area (Å²) in [4.78, 5) is 13.1. The van der Waals surface area contributed by atoms with Gasteiger partial charge in [0.1, 0.15) is 10.6 Å². The van der Waals surface area contributed by atoms with Crippen molar-refractivity contribution in [3.63, 3.8) is 0 Å². The van der Waals surface area contributed by atoms with Gasteiger partial charge in [0.2, 0.25) is 0 Å². The molecule has 0 radical (unpaired) electrons. The number of carbonyl (C=O) groups is 1. The topological polar surface area (TPSA) is 55.6 Å². The predicted octanol–water partition coefficient (Wildman–Crippen LogP) is 6.04. The highest BCUT2D eigenvalue weighted by atomic mass is 35.5. The molecule has 5 nitrogen and oxygen atoms in total. The molecule has 0 aliphatic carbocycles. The molecule has 2 aromatic carbocycles. The molecule has 0 bridgehead atoms. The minimum absolute atomic E-state index is 0.339. The number of carbonyl (C=O) groups excluding carboxylic acids is 1. The van der Waals surface area contributed by atoms with E-state index in [1.807, 2.05) is 38.1 Å². The van der Waals surface area contributed by atoms with Crippen LogP contribution in [0, 0.1) is 20.8 Å². The number of hydrogen-bond donors (Lipinski definition) is 1. The Labute approximate surface area is 189 Å². The van der Waals surface area contributed by atoms with Gasteiger partial charge in [-0.3, -0.25) is 4.79 Å². The number of ether oxygens (including phenoxy) is 1. The molecule has 0 spiro atoms. The van der Waals surface area contributed by atoms with Crippen molar-refractivity contribution in [2.45, 2.75) is 20.8 Å². The summed E-state index contributed by atoms with van der Waals surface area (Å²) in [7, 11) is 1.61. The van der Waals surface area contributed by atoms with E-state index in [0.717, 1.165) is 38.5 Å². The molecule has 1 amide bonds. The molecule has 1 N–H and O–H groups in total. The van der Waals surface area contributed by atoms with Gasteiger partial charge in [0.25, 0.3) is 5.91 Å². The number of thiophene rings is 1. The van der Waals surface area contributed by atoms with Crippen molar-refractivity contribution < 1.29 is 9.53 Å². The van der Waals surface area contributed by atoms with Crippen molar-refractivity contribution in [1.29, 1.82) is 0 Å². The Balaban J connectivity index is 1.54. The fraction of sp³-hybridized carbons (Fsp3) is 0.167. The molecule has 0 unspecified atom stereocenters. The van der Waals surface area contributed by atoms with Gasteiger partial charge >= 0.3 is 0 Å². The van der Waals surface area contributed by atoms with E-state index in [1.165, 1.54) is 16.9 Å². The van der Waals surface area contributed by atoms with Gasteiger partial charge in [-0.1, -0.05) is 29.3 Å². The van der Waals surface area contributed by atoms with Gasteiger partial charge in [0, 0.05) is 32.7 Å². The molecule has 0 saturated carbocycles. The van der Waals surface area contributed by atoms with Gasteiger partial charge in [-0.2, -0.15) is 5.10 Å². The van der Waals surface area contributed by atoms with E-state index in [0.29, 0.717) is 9.90 Å². The standard InChI is InChI=1S/C24H22ClN3O2S/c1-14-5-7-18(8-6-14)28-15(2)11-17(16(28)3)13-26-27-24(29)23-22(25)20-10-9-19(30-4)12-21(20)31-23/h5-13H,1-4H3,(H,27,29). The summed E-state index contributed by atoms with van der Waals surface area (Å²) < 4.78 is 8.30. The van der Waals surface area contributed by atoms with Gasteiger partial charge in [-0.15, -0.1) is 11.3 Å². The maximum atomic E-state index is 12.7. The number of amides is 1. The largest absolute Gasteiger partial charge is 0.497 e. The molecule has 2 aromatic heterocycles. The van der Waals surface area contributed by atoms with Crippen LogP contribution >= 0.6 is 22.9 Å². The summed E-state index contributed by atoms with van der Waals surface area (Å²) in [6, 6.07) is 16.0. The van der Waals surface area contributed by atoms with Gasteiger partial charge in [-0.25, -0.2) is 5.43 Å². The highest BCUT2D eigenvalue weighted by molar-refractivity contribution is 7.21. The Bertz CT molecular complexity index is 1300. The number of benzene rings is 2. The zero-order valence-electron chi connectivity index (χ0n) is 17.7. The number of rotatable bonds is 5. The first kappa shape index (κ1) is 21.2. The molecule has 0 aliphatic rings. The highest BCUT2D eigenvalue weighted by Crippen LogP contribution is 2.37. The van der Waals surface area contributed by atoms with Crippen molar-refractivity contribution in [3.8, 4) is 11.4 Å². The third-order valence-electron chi connectivity index (χ3n) is 5.18.